The first-order chi connectivity index (χ1) is 15.1. The van der Waals surface area contributed by atoms with Crippen LogP contribution in [0.5, 0.6) is 0 Å². The zero-order valence-electron chi connectivity index (χ0n) is 18.2. The molecule has 7 heteroatoms. The number of rotatable bonds is 5. The van der Waals surface area contributed by atoms with E-state index in [0.29, 0.717) is 32.5 Å². The third-order valence-electron chi connectivity index (χ3n) is 6.47. The Balaban J connectivity index is 1.36. The summed E-state index contributed by atoms with van der Waals surface area (Å²) in [6.07, 6.45) is 5.03. The molecule has 1 aromatic carbocycles. The number of para-hydroxylation sites is 1. The summed E-state index contributed by atoms with van der Waals surface area (Å²) < 4.78 is 5.55. The SMILES string of the molecule is CN1CCC(N(Cc2ccco2)C(=O)C2CCN(C(=O)Nc3ccccc3)CC2)CC1. The second kappa shape index (κ2) is 10.0. The molecule has 0 spiro atoms. The lowest BCUT2D eigenvalue weighted by molar-refractivity contribution is -0.141. The minimum absolute atomic E-state index is 0.0459. The lowest BCUT2D eigenvalue weighted by Gasteiger charge is -2.40. The lowest BCUT2D eigenvalue weighted by atomic mass is 9.93. The van der Waals surface area contributed by atoms with E-state index in [0.717, 1.165) is 37.4 Å². The summed E-state index contributed by atoms with van der Waals surface area (Å²) in [5.74, 6) is 0.983. The molecule has 2 aliphatic rings. The van der Waals surface area contributed by atoms with E-state index < -0.39 is 0 Å². The summed E-state index contributed by atoms with van der Waals surface area (Å²) >= 11 is 0. The van der Waals surface area contributed by atoms with Crippen LogP contribution in [0.3, 0.4) is 0 Å². The van der Waals surface area contributed by atoms with Crippen LogP contribution in [0, 0.1) is 5.92 Å². The number of anilines is 1. The van der Waals surface area contributed by atoms with Gasteiger partial charge in [-0.1, -0.05) is 18.2 Å². The number of carbonyl (C=O) groups excluding carboxylic acids is 2. The minimum Gasteiger partial charge on any atom is -0.467 e. The molecule has 7 nitrogen and oxygen atoms in total. The molecule has 1 N–H and O–H groups in total. The molecule has 2 fully saturated rings. The second-order valence-corrected chi connectivity index (χ2v) is 8.64. The summed E-state index contributed by atoms with van der Waals surface area (Å²) in [4.78, 5) is 32.3. The maximum Gasteiger partial charge on any atom is 0.321 e. The predicted molar refractivity (Wildman–Crippen MR) is 120 cm³/mol. The van der Waals surface area contributed by atoms with Crippen LogP contribution in [0.25, 0.3) is 0 Å². The number of nitrogens with zero attached hydrogens (tertiary/aromatic N) is 3. The van der Waals surface area contributed by atoms with Gasteiger partial charge in [0.15, 0.2) is 0 Å². The minimum atomic E-state index is -0.0974. The van der Waals surface area contributed by atoms with Crippen molar-refractivity contribution in [2.24, 2.45) is 5.92 Å². The van der Waals surface area contributed by atoms with E-state index in [4.69, 9.17) is 4.42 Å². The van der Waals surface area contributed by atoms with Crippen LogP contribution in [0.1, 0.15) is 31.4 Å². The van der Waals surface area contributed by atoms with Crippen molar-refractivity contribution in [3.63, 3.8) is 0 Å². The van der Waals surface area contributed by atoms with Gasteiger partial charge in [0.05, 0.1) is 12.8 Å². The number of hydrogen-bond donors (Lipinski definition) is 1. The van der Waals surface area contributed by atoms with E-state index in [1.165, 1.54) is 0 Å². The van der Waals surface area contributed by atoms with Crippen molar-refractivity contribution in [3.8, 4) is 0 Å². The Labute approximate surface area is 184 Å². The average Bonchev–Trinajstić information content (AvgIpc) is 3.32. The van der Waals surface area contributed by atoms with Gasteiger partial charge in [-0.3, -0.25) is 4.79 Å². The first kappa shape index (κ1) is 21.4. The monoisotopic (exact) mass is 424 g/mol. The lowest BCUT2D eigenvalue weighted by Crippen LogP contribution is -2.50. The van der Waals surface area contributed by atoms with Crippen LogP contribution in [-0.4, -0.2) is 65.9 Å². The van der Waals surface area contributed by atoms with E-state index >= 15 is 0 Å². The number of hydrogen-bond acceptors (Lipinski definition) is 4. The van der Waals surface area contributed by atoms with E-state index in [-0.39, 0.29) is 23.9 Å². The molecule has 31 heavy (non-hydrogen) atoms. The highest BCUT2D eigenvalue weighted by Gasteiger charge is 2.34. The smallest absolute Gasteiger partial charge is 0.321 e. The number of benzene rings is 1. The summed E-state index contributed by atoms with van der Waals surface area (Å²) in [5.41, 5.74) is 0.789. The van der Waals surface area contributed by atoms with Gasteiger partial charge < -0.3 is 24.4 Å². The van der Waals surface area contributed by atoms with E-state index in [9.17, 15) is 9.59 Å². The van der Waals surface area contributed by atoms with Crippen LogP contribution >= 0.6 is 0 Å². The van der Waals surface area contributed by atoms with Crippen LogP contribution in [0.2, 0.25) is 0 Å². The third-order valence-corrected chi connectivity index (χ3v) is 6.47. The van der Waals surface area contributed by atoms with E-state index in [2.05, 4.69) is 17.3 Å². The number of likely N-dealkylation sites (tertiary alicyclic amines) is 2. The Bertz CT molecular complexity index is 839. The van der Waals surface area contributed by atoms with Crippen molar-refractivity contribution in [2.75, 3.05) is 38.5 Å². The van der Waals surface area contributed by atoms with Crippen LogP contribution in [-0.2, 0) is 11.3 Å². The number of nitrogens with one attached hydrogen (secondary N) is 1. The molecule has 4 rings (SSSR count). The molecule has 2 saturated heterocycles. The number of carbonyl (C=O) groups is 2. The largest absolute Gasteiger partial charge is 0.467 e. The zero-order chi connectivity index (χ0) is 21.6. The maximum absolute atomic E-state index is 13.5. The molecule has 3 amide bonds. The van der Waals surface area contributed by atoms with Gasteiger partial charge in [-0.15, -0.1) is 0 Å². The molecule has 0 bridgehead atoms. The molecule has 3 heterocycles. The van der Waals surface area contributed by atoms with Gasteiger partial charge in [0.1, 0.15) is 5.76 Å². The molecular weight excluding hydrogens is 392 g/mol. The molecular formula is C24H32N4O3. The summed E-state index contributed by atoms with van der Waals surface area (Å²) in [6, 6.07) is 13.4. The number of piperidine rings is 2. The first-order valence-electron chi connectivity index (χ1n) is 11.2. The van der Waals surface area contributed by atoms with Gasteiger partial charge in [-0.25, -0.2) is 4.79 Å². The third kappa shape index (κ3) is 5.47. The highest BCUT2D eigenvalue weighted by Crippen LogP contribution is 2.26. The van der Waals surface area contributed by atoms with Crippen molar-refractivity contribution in [1.82, 2.24) is 14.7 Å². The Morgan fingerprint density at radius 1 is 1.00 bits per heavy atom. The summed E-state index contributed by atoms with van der Waals surface area (Å²) in [5, 5.41) is 2.94. The van der Waals surface area contributed by atoms with Crippen molar-refractivity contribution < 1.29 is 14.0 Å². The highest BCUT2D eigenvalue weighted by atomic mass is 16.3. The fraction of sp³-hybridized carbons (Fsp3) is 0.500. The molecule has 0 atom stereocenters. The molecule has 0 aliphatic carbocycles. The fourth-order valence-electron chi connectivity index (χ4n) is 4.55. The number of furan rings is 1. The molecule has 0 unspecified atom stereocenters. The molecule has 2 aromatic rings. The zero-order valence-corrected chi connectivity index (χ0v) is 18.2. The Morgan fingerprint density at radius 3 is 2.35 bits per heavy atom. The topological polar surface area (TPSA) is 69.0 Å². The summed E-state index contributed by atoms with van der Waals surface area (Å²) in [6.45, 7) is 3.72. The number of urea groups is 1. The van der Waals surface area contributed by atoms with Crippen molar-refractivity contribution in [1.29, 1.82) is 0 Å². The van der Waals surface area contributed by atoms with Crippen LogP contribution in [0.4, 0.5) is 10.5 Å². The quantitative estimate of drug-likeness (QED) is 0.796. The molecule has 0 saturated carbocycles. The van der Waals surface area contributed by atoms with Crippen molar-refractivity contribution >= 4 is 17.6 Å². The standard InChI is InChI=1S/C24H32N4O3/c1-26-13-11-21(12-14-26)28(18-22-8-5-17-31-22)23(29)19-9-15-27(16-10-19)24(30)25-20-6-3-2-4-7-20/h2-8,17,19,21H,9-16,18H2,1H3,(H,25,30). The van der Waals surface area contributed by atoms with Gasteiger partial charge in [0.2, 0.25) is 5.91 Å². The van der Waals surface area contributed by atoms with Gasteiger partial charge in [-0.2, -0.15) is 0 Å². The van der Waals surface area contributed by atoms with Gasteiger partial charge >= 0.3 is 6.03 Å². The molecule has 2 aliphatic heterocycles. The van der Waals surface area contributed by atoms with E-state index in [1.807, 2.05) is 52.3 Å². The van der Waals surface area contributed by atoms with Crippen molar-refractivity contribution in [2.45, 2.75) is 38.3 Å². The Kier molecular flexibility index (Phi) is 6.92. The van der Waals surface area contributed by atoms with Gasteiger partial charge in [0.25, 0.3) is 0 Å². The van der Waals surface area contributed by atoms with Crippen LogP contribution in [0.15, 0.2) is 53.1 Å². The highest BCUT2D eigenvalue weighted by molar-refractivity contribution is 5.89. The second-order valence-electron chi connectivity index (χ2n) is 8.64. The molecule has 166 valence electrons. The van der Waals surface area contributed by atoms with E-state index in [1.54, 1.807) is 6.26 Å². The number of amides is 3. The predicted octanol–water partition coefficient (Wildman–Crippen LogP) is 3.65. The Morgan fingerprint density at radius 2 is 1.71 bits per heavy atom. The average molecular weight is 425 g/mol. The van der Waals surface area contributed by atoms with Gasteiger partial charge in [-0.05, 0) is 70.1 Å². The fourth-order valence-corrected chi connectivity index (χ4v) is 4.55. The van der Waals surface area contributed by atoms with Crippen LogP contribution < -0.4 is 5.32 Å². The Hall–Kier alpha value is -2.80. The maximum atomic E-state index is 13.5. The molecule has 0 radical (unpaired) electrons. The van der Waals surface area contributed by atoms with Crippen molar-refractivity contribution in [3.05, 3.63) is 54.5 Å². The van der Waals surface area contributed by atoms with Gasteiger partial charge in [0, 0.05) is 30.7 Å². The normalized spacial score (nSPS) is 18.7. The summed E-state index contributed by atoms with van der Waals surface area (Å²) in [7, 11) is 2.13. The molecule has 1 aromatic heterocycles. The first-order valence-corrected chi connectivity index (χ1v) is 11.2.